The third-order valence-corrected chi connectivity index (χ3v) is 1.51. The van der Waals surface area contributed by atoms with Gasteiger partial charge in [-0.1, -0.05) is 12.1 Å². The van der Waals surface area contributed by atoms with E-state index in [1.165, 1.54) is 11.1 Å². The normalized spacial score (nSPS) is 9.73. The van der Waals surface area contributed by atoms with Gasteiger partial charge in [-0.25, -0.2) is 0 Å². The first kappa shape index (κ1) is 8.26. The highest BCUT2D eigenvalue weighted by Gasteiger charge is 2.15. The highest BCUT2D eigenvalue weighted by molar-refractivity contribution is 6.13. The molecule has 2 aliphatic carbocycles. The van der Waals surface area contributed by atoms with Gasteiger partial charge in [0.2, 0.25) is 0 Å². The molecule has 0 heterocycles. The molecule has 0 aromatic heterocycles. The highest BCUT2D eigenvalue weighted by atomic mass is 16.4. The van der Waals surface area contributed by atoms with Gasteiger partial charge in [-0.3, -0.25) is 0 Å². The summed E-state index contributed by atoms with van der Waals surface area (Å²) in [5, 5.41) is 22.9. The molecule has 0 atom stereocenters. The van der Waals surface area contributed by atoms with E-state index in [0.29, 0.717) is 0 Å². The Hall–Kier alpha value is -0.835. The average molecular weight is 152 g/mol. The Labute approximate surface area is 65.2 Å². The molecular weight excluding hydrogens is 143 g/mol. The van der Waals surface area contributed by atoms with Crippen LogP contribution < -0.4 is 0 Å². The molecule has 0 amide bonds. The number of fused-ring (bicyclic) bond motifs is 1. The summed E-state index contributed by atoms with van der Waals surface area (Å²) in [4.78, 5) is 0. The molecule has 11 heavy (non-hydrogen) atoms. The number of rotatable bonds is 1. The summed E-state index contributed by atoms with van der Waals surface area (Å²) >= 11 is 0. The van der Waals surface area contributed by atoms with Crippen molar-refractivity contribution in [2.24, 2.45) is 0 Å². The fourth-order valence-corrected chi connectivity index (χ4v) is 0.953. The maximum Gasteiger partial charge on any atom is 0.432 e. The van der Waals surface area contributed by atoms with Crippen molar-refractivity contribution < 1.29 is 15.2 Å². The molecule has 0 aromatic carbocycles. The van der Waals surface area contributed by atoms with Crippen LogP contribution in [0.3, 0.4) is 0 Å². The van der Waals surface area contributed by atoms with Crippen molar-refractivity contribution in [3.63, 3.8) is 0 Å². The summed E-state index contributed by atoms with van der Waals surface area (Å²) in [6, 6.07) is 6.07. The van der Waals surface area contributed by atoms with E-state index in [4.69, 9.17) is 15.2 Å². The van der Waals surface area contributed by atoms with E-state index in [0.717, 1.165) is 5.56 Å². The predicted molar refractivity (Wildman–Crippen MR) is 42.9 cm³/mol. The van der Waals surface area contributed by atoms with Gasteiger partial charge in [-0.15, -0.1) is 0 Å². The predicted octanol–water partition coefficient (Wildman–Crippen LogP) is -0.603. The van der Waals surface area contributed by atoms with Crippen molar-refractivity contribution in [1.29, 1.82) is 0 Å². The summed E-state index contributed by atoms with van der Waals surface area (Å²) < 4.78 is 0. The molecule has 0 saturated heterocycles. The monoisotopic (exact) mass is 152 g/mol. The first-order valence-corrected chi connectivity index (χ1v) is 3.29. The number of hydrogen-bond donors (Lipinski definition) is 3. The van der Waals surface area contributed by atoms with Gasteiger partial charge >= 0.3 is 7.69 Å². The Bertz CT molecular complexity index is 249. The Morgan fingerprint density at radius 2 is 1.91 bits per heavy atom. The zero-order valence-electron chi connectivity index (χ0n) is 5.99. The van der Waals surface area contributed by atoms with Crippen molar-refractivity contribution in [3.8, 4) is 11.1 Å². The molecule has 0 spiro atoms. The number of hydrogen-bond acceptors (Lipinski definition) is 3. The summed E-state index contributed by atoms with van der Waals surface area (Å²) in [7, 11) is -0.750. The molecule has 2 aliphatic rings. The van der Waals surface area contributed by atoms with E-state index < -0.39 is 7.69 Å². The fraction of sp³-hybridized carbons (Fsp3) is 0.143. The fourth-order valence-electron chi connectivity index (χ4n) is 0.953. The Morgan fingerprint density at radius 3 is 2.09 bits per heavy atom. The van der Waals surface area contributed by atoms with Crippen LogP contribution in [0.5, 0.6) is 0 Å². The molecule has 0 radical (unpaired) electrons. The van der Waals surface area contributed by atoms with Gasteiger partial charge < -0.3 is 15.2 Å². The van der Waals surface area contributed by atoms with E-state index in [2.05, 4.69) is 6.07 Å². The number of benzene rings is 1. The van der Waals surface area contributed by atoms with Crippen LogP contribution in [0.4, 0.5) is 0 Å². The zero-order chi connectivity index (χ0) is 8.27. The standard InChI is InChI=1S/C7H6O.BH3O2/c8-4-6-2-1-5-3-7(5)6;2-1-3/h1-3,8H,4H2;1-3H. The molecular formula is C7H9BO3. The summed E-state index contributed by atoms with van der Waals surface area (Å²) in [5.74, 6) is 0. The van der Waals surface area contributed by atoms with Crippen LogP contribution in [0.15, 0.2) is 18.2 Å². The van der Waals surface area contributed by atoms with Gasteiger partial charge in [0, 0.05) is 0 Å². The maximum atomic E-state index is 8.62. The first-order chi connectivity index (χ1) is 5.33. The molecule has 0 saturated carbocycles. The number of aliphatic hydroxyl groups excluding tert-OH is 1. The molecule has 0 aromatic rings. The van der Waals surface area contributed by atoms with E-state index >= 15 is 0 Å². The Kier molecular flexibility index (Phi) is 2.65. The molecule has 2 rings (SSSR count). The van der Waals surface area contributed by atoms with Crippen molar-refractivity contribution in [1.82, 2.24) is 0 Å². The van der Waals surface area contributed by atoms with Crippen molar-refractivity contribution in [2.75, 3.05) is 0 Å². The molecule has 58 valence electrons. The Balaban J connectivity index is 0.000000179. The van der Waals surface area contributed by atoms with Crippen molar-refractivity contribution in [2.45, 2.75) is 6.61 Å². The minimum absolute atomic E-state index is 0.186. The number of aliphatic hydroxyl groups is 1. The zero-order valence-corrected chi connectivity index (χ0v) is 5.99. The van der Waals surface area contributed by atoms with Crippen LogP contribution in [0, 0.1) is 0 Å². The summed E-state index contributed by atoms with van der Waals surface area (Å²) in [5.41, 5.74) is 3.63. The topological polar surface area (TPSA) is 60.7 Å². The molecule has 0 aliphatic heterocycles. The second-order valence-electron chi connectivity index (χ2n) is 2.17. The van der Waals surface area contributed by atoms with Gasteiger partial charge in [-0.05, 0) is 22.8 Å². The average Bonchev–Trinajstić information content (AvgIpc) is 2.66. The molecule has 3 nitrogen and oxygen atoms in total. The largest absolute Gasteiger partial charge is 0.432 e. The van der Waals surface area contributed by atoms with E-state index in [-0.39, 0.29) is 6.61 Å². The minimum Gasteiger partial charge on any atom is -0.430 e. The lowest BCUT2D eigenvalue weighted by Crippen LogP contribution is -1.75. The van der Waals surface area contributed by atoms with Gasteiger partial charge in [0.05, 0.1) is 6.61 Å². The van der Waals surface area contributed by atoms with E-state index in [1.807, 2.05) is 12.1 Å². The van der Waals surface area contributed by atoms with Crippen LogP contribution in [0.1, 0.15) is 5.56 Å². The van der Waals surface area contributed by atoms with Crippen molar-refractivity contribution >= 4 is 7.69 Å². The first-order valence-electron chi connectivity index (χ1n) is 3.29. The second-order valence-corrected chi connectivity index (χ2v) is 2.17. The van der Waals surface area contributed by atoms with Gasteiger partial charge in [-0.2, -0.15) is 0 Å². The van der Waals surface area contributed by atoms with Crippen LogP contribution in [0.25, 0.3) is 11.1 Å². The van der Waals surface area contributed by atoms with Crippen molar-refractivity contribution in [3.05, 3.63) is 23.8 Å². The SMILES string of the molecule is OBO.OCc1ccc2cc1-2. The van der Waals surface area contributed by atoms with Crippen LogP contribution >= 0.6 is 0 Å². The molecule has 0 bridgehead atoms. The van der Waals surface area contributed by atoms with Gasteiger partial charge in [0.25, 0.3) is 0 Å². The minimum atomic E-state index is -0.750. The molecule has 0 fully saturated rings. The lowest BCUT2D eigenvalue weighted by atomic mass is 10.3. The maximum absolute atomic E-state index is 8.62. The van der Waals surface area contributed by atoms with Gasteiger partial charge in [0.15, 0.2) is 0 Å². The van der Waals surface area contributed by atoms with Crippen LogP contribution in [0.2, 0.25) is 0 Å². The summed E-state index contributed by atoms with van der Waals surface area (Å²) in [6.45, 7) is 0.186. The molecule has 0 unspecified atom stereocenters. The highest BCUT2D eigenvalue weighted by Crippen LogP contribution is 2.37. The Morgan fingerprint density at radius 1 is 1.27 bits per heavy atom. The summed E-state index contributed by atoms with van der Waals surface area (Å²) in [6.07, 6.45) is 0. The molecule has 3 N–H and O–H groups in total. The quantitative estimate of drug-likeness (QED) is 0.478. The third kappa shape index (κ3) is 1.80. The van der Waals surface area contributed by atoms with E-state index in [1.54, 1.807) is 0 Å². The molecule has 4 heteroatoms. The third-order valence-electron chi connectivity index (χ3n) is 1.51. The van der Waals surface area contributed by atoms with E-state index in [9.17, 15) is 0 Å². The second kappa shape index (κ2) is 3.53. The van der Waals surface area contributed by atoms with Crippen LogP contribution in [-0.4, -0.2) is 22.8 Å². The van der Waals surface area contributed by atoms with Crippen LogP contribution in [-0.2, 0) is 6.61 Å². The smallest absolute Gasteiger partial charge is 0.430 e. The van der Waals surface area contributed by atoms with Gasteiger partial charge in [0.1, 0.15) is 0 Å². The lowest BCUT2D eigenvalue weighted by molar-refractivity contribution is 0.283. The lowest BCUT2D eigenvalue weighted by Gasteiger charge is -1.82.